The number of benzene rings is 2. The van der Waals surface area contributed by atoms with Gasteiger partial charge in [-0.3, -0.25) is 0 Å². The number of methoxy groups -OCH3 is 1. The van der Waals surface area contributed by atoms with Crippen molar-refractivity contribution in [2.75, 3.05) is 17.7 Å². The number of para-hydroxylation sites is 1. The zero-order valence-electron chi connectivity index (χ0n) is 12.2. The van der Waals surface area contributed by atoms with Crippen LogP contribution in [0.5, 0.6) is 5.75 Å². The Morgan fingerprint density at radius 1 is 1.26 bits per heavy atom. The number of oxazole rings is 1. The highest BCUT2D eigenvalue weighted by Crippen LogP contribution is 2.26. The summed E-state index contributed by atoms with van der Waals surface area (Å²) in [5, 5.41) is 15.5. The minimum Gasteiger partial charge on any atom is -0.495 e. The fourth-order valence-corrected chi connectivity index (χ4v) is 2.36. The minimum absolute atomic E-state index is 0.355. The van der Waals surface area contributed by atoms with Gasteiger partial charge in [0.05, 0.1) is 30.1 Å². The van der Waals surface area contributed by atoms with Crippen molar-refractivity contribution in [3.63, 3.8) is 0 Å². The highest BCUT2D eigenvalue weighted by Gasteiger charge is 2.09. The molecule has 0 radical (unpaired) electrons. The van der Waals surface area contributed by atoms with E-state index in [0.717, 1.165) is 5.69 Å². The second-order valence-electron chi connectivity index (χ2n) is 4.61. The van der Waals surface area contributed by atoms with Crippen LogP contribution >= 0.6 is 12.2 Å². The van der Waals surface area contributed by atoms with E-state index in [9.17, 15) is 0 Å². The molecule has 0 amide bonds. The van der Waals surface area contributed by atoms with Crippen LogP contribution in [0.25, 0.3) is 11.1 Å². The van der Waals surface area contributed by atoms with Gasteiger partial charge >= 0.3 is 0 Å². The van der Waals surface area contributed by atoms with Crippen LogP contribution in [0.1, 0.15) is 5.56 Å². The zero-order chi connectivity index (χ0) is 16.2. The van der Waals surface area contributed by atoms with Crippen molar-refractivity contribution in [1.82, 2.24) is 4.98 Å². The van der Waals surface area contributed by atoms with Gasteiger partial charge in [-0.15, -0.1) is 0 Å². The van der Waals surface area contributed by atoms with Gasteiger partial charge in [0.2, 0.25) is 0 Å². The highest BCUT2D eigenvalue weighted by molar-refractivity contribution is 7.80. The molecule has 2 N–H and O–H groups in total. The Morgan fingerprint density at radius 3 is 2.87 bits per heavy atom. The Labute approximate surface area is 137 Å². The van der Waals surface area contributed by atoms with Crippen LogP contribution in [0.3, 0.4) is 0 Å². The molecule has 23 heavy (non-hydrogen) atoms. The number of nitrogens with zero attached hydrogens (tertiary/aromatic N) is 2. The van der Waals surface area contributed by atoms with E-state index in [2.05, 4.69) is 21.7 Å². The Bertz CT molecular complexity index is 914. The quantitative estimate of drug-likeness (QED) is 0.713. The Kier molecular flexibility index (Phi) is 4.08. The number of hydrogen-bond acceptors (Lipinski definition) is 5. The summed E-state index contributed by atoms with van der Waals surface area (Å²) >= 11 is 5.32. The number of ether oxygens (including phenoxy) is 1. The Hall–Kier alpha value is -3.11. The fourth-order valence-electron chi connectivity index (χ4n) is 2.14. The predicted octanol–water partition coefficient (Wildman–Crippen LogP) is 3.52. The molecule has 0 aliphatic heterocycles. The maximum Gasteiger partial charge on any atom is 0.182 e. The Balaban J connectivity index is 1.82. The molecule has 0 atom stereocenters. The van der Waals surface area contributed by atoms with Crippen LogP contribution in [0.15, 0.2) is 47.2 Å². The lowest BCUT2D eigenvalue weighted by Gasteiger charge is -2.13. The molecule has 1 aromatic heterocycles. The van der Waals surface area contributed by atoms with E-state index in [1.165, 1.54) is 6.39 Å². The first-order valence-corrected chi connectivity index (χ1v) is 7.10. The smallest absolute Gasteiger partial charge is 0.182 e. The van der Waals surface area contributed by atoms with Gasteiger partial charge in [0.25, 0.3) is 0 Å². The summed E-state index contributed by atoms with van der Waals surface area (Å²) in [5.74, 6) is 0.591. The van der Waals surface area contributed by atoms with E-state index in [0.29, 0.717) is 33.2 Å². The summed E-state index contributed by atoms with van der Waals surface area (Å²) in [6, 6.07) is 12.7. The average Bonchev–Trinajstić information content (AvgIpc) is 3.04. The summed E-state index contributed by atoms with van der Waals surface area (Å²) < 4.78 is 10.5. The first-order valence-electron chi connectivity index (χ1n) is 6.69. The standard InChI is InChI=1S/C16H12N4O2S/c1-21-13-6-5-10(8-17)7-12(13)20-16(23)19-11-3-2-4-14-15(11)18-9-22-14/h2-7,9H,1H3,(H2,19,20,23). The van der Waals surface area contributed by atoms with Gasteiger partial charge < -0.3 is 19.8 Å². The fraction of sp³-hybridized carbons (Fsp3) is 0.0625. The van der Waals surface area contributed by atoms with Gasteiger partial charge in [-0.2, -0.15) is 5.26 Å². The lowest BCUT2D eigenvalue weighted by Crippen LogP contribution is -2.19. The molecular formula is C16H12N4O2S. The van der Waals surface area contributed by atoms with Gasteiger partial charge in [0.1, 0.15) is 11.3 Å². The highest BCUT2D eigenvalue weighted by atomic mass is 32.1. The summed E-state index contributed by atoms with van der Waals surface area (Å²) in [7, 11) is 1.55. The molecule has 2 aromatic carbocycles. The summed E-state index contributed by atoms with van der Waals surface area (Å²) in [6.45, 7) is 0. The van der Waals surface area contributed by atoms with E-state index >= 15 is 0 Å². The lowest BCUT2D eigenvalue weighted by molar-refractivity contribution is 0.417. The molecule has 0 unspecified atom stereocenters. The zero-order valence-corrected chi connectivity index (χ0v) is 13.0. The van der Waals surface area contributed by atoms with Crippen LogP contribution in [-0.2, 0) is 0 Å². The third kappa shape index (κ3) is 3.07. The molecule has 3 aromatic rings. The van der Waals surface area contributed by atoms with E-state index in [-0.39, 0.29) is 0 Å². The van der Waals surface area contributed by atoms with Crippen molar-refractivity contribution in [2.45, 2.75) is 0 Å². The maximum absolute atomic E-state index is 9.00. The molecule has 3 rings (SSSR count). The van der Waals surface area contributed by atoms with Crippen LogP contribution in [0.2, 0.25) is 0 Å². The molecule has 0 fully saturated rings. The maximum atomic E-state index is 9.00. The van der Waals surface area contributed by atoms with Gasteiger partial charge in [0, 0.05) is 0 Å². The molecule has 0 spiro atoms. The predicted molar refractivity (Wildman–Crippen MR) is 91.6 cm³/mol. The third-order valence-corrected chi connectivity index (χ3v) is 3.39. The number of fused-ring (bicyclic) bond motifs is 1. The second kappa shape index (κ2) is 6.34. The van der Waals surface area contributed by atoms with Crippen molar-refractivity contribution in [2.24, 2.45) is 0 Å². The van der Waals surface area contributed by atoms with Crippen molar-refractivity contribution >= 4 is 39.8 Å². The molecule has 1 heterocycles. The molecule has 0 aliphatic carbocycles. The minimum atomic E-state index is 0.355. The van der Waals surface area contributed by atoms with Gasteiger partial charge in [-0.1, -0.05) is 6.07 Å². The van der Waals surface area contributed by atoms with Crippen molar-refractivity contribution in [3.8, 4) is 11.8 Å². The van der Waals surface area contributed by atoms with Crippen molar-refractivity contribution < 1.29 is 9.15 Å². The number of hydrogen-bond donors (Lipinski definition) is 2. The molecule has 0 bridgehead atoms. The van der Waals surface area contributed by atoms with Crippen LogP contribution in [0.4, 0.5) is 11.4 Å². The third-order valence-electron chi connectivity index (χ3n) is 3.19. The average molecular weight is 324 g/mol. The first-order chi connectivity index (χ1) is 11.2. The van der Waals surface area contributed by atoms with E-state index in [1.54, 1.807) is 25.3 Å². The van der Waals surface area contributed by atoms with E-state index in [1.807, 2.05) is 18.2 Å². The number of rotatable bonds is 3. The first kappa shape index (κ1) is 14.8. The number of thiocarbonyl (C=S) groups is 1. The van der Waals surface area contributed by atoms with E-state index in [4.69, 9.17) is 26.6 Å². The van der Waals surface area contributed by atoms with E-state index < -0.39 is 0 Å². The molecule has 0 aliphatic rings. The Morgan fingerprint density at radius 2 is 2.09 bits per heavy atom. The number of nitriles is 1. The van der Waals surface area contributed by atoms with Crippen molar-refractivity contribution in [1.29, 1.82) is 5.26 Å². The summed E-state index contributed by atoms with van der Waals surface area (Å²) in [4.78, 5) is 4.16. The molecular weight excluding hydrogens is 312 g/mol. The van der Waals surface area contributed by atoms with Crippen LogP contribution in [-0.4, -0.2) is 17.2 Å². The largest absolute Gasteiger partial charge is 0.495 e. The van der Waals surface area contributed by atoms with Gasteiger partial charge in [-0.05, 0) is 42.5 Å². The topological polar surface area (TPSA) is 83.1 Å². The number of nitrogens with one attached hydrogen (secondary N) is 2. The molecule has 7 heteroatoms. The monoisotopic (exact) mass is 324 g/mol. The van der Waals surface area contributed by atoms with Gasteiger partial charge in [0.15, 0.2) is 17.1 Å². The van der Waals surface area contributed by atoms with Crippen LogP contribution < -0.4 is 15.4 Å². The van der Waals surface area contributed by atoms with Crippen LogP contribution in [0, 0.1) is 11.3 Å². The number of anilines is 2. The summed E-state index contributed by atoms with van der Waals surface area (Å²) in [5.41, 5.74) is 3.20. The van der Waals surface area contributed by atoms with Crippen molar-refractivity contribution in [3.05, 3.63) is 48.4 Å². The number of aromatic nitrogens is 1. The normalized spacial score (nSPS) is 10.1. The molecule has 6 nitrogen and oxygen atoms in total. The lowest BCUT2D eigenvalue weighted by atomic mass is 10.2. The molecule has 114 valence electrons. The summed E-state index contributed by atoms with van der Waals surface area (Å²) in [6.07, 6.45) is 1.38. The SMILES string of the molecule is COc1ccc(C#N)cc1NC(=S)Nc1cccc2ocnc12. The second-order valence-corrected chi connectivity index (χ2v) is 5.02. The van der Waals surface area contributed by atoms with Gasteiger partial charge in [-0.25, -0.2) is 4.98 Å². The molecule has 0 saturated heterocycles. The molecule has 0 saturated carbocycles.